The van der Waals surface area contributed by atoms with Crippen LogP contribution in [0.4, 0.5) is 0 Å². The second kappa shape index (κ2) is 9.99. The molecule has 0 heterocycles. The molecule has 0 radical (unpaired) electrons. The minimum absolute atomic E-state index is 0.0139. The van der Waals surface area contributed by atoms with Gasteiger partial charge in [0, 0.05) is 0 Å². The van der Waals surface area contributed by atoms with E-state index in [1.807, 2.05) is 13.8 Å². The molecule has 1 unspecified atom stereocenters. The molecule has 0 saturated heterocycles. The van der Waals surface area contributed by atoms with Crippen LogP contribution in [-0.2, 0) is 4.89 Å². The molecule has 0 aromatic heterocycles. The highest BCUT2D eigenvalue weighted by Gasteiger charge is 1.89. The lowest BCUT2D eigenvalue weighted by atomic mass is 10.5. The zero-order valence-corrected chi connectivity index (χ0v) is 5.59. The Morgan fingerprint density at radius 1 is 1.50 bits per heavy atom. The van der Waals surface area contributed by atoms with Gasteiger partial charge in [0.15, 0.2) is 0 Å². The van der Waals surface area contributed by atoms with Crippen LogP contribution in [-0.4, -0.2) is 23.1 Å². The van der Waals surface area contributed by atoms with Gasteiger partial charge in [0.2, 0.25) is 0 Å². The molecule has 0 bridgehead atoms. The lowest BCUT2D eigenvalue weighted by Crippen LogP contribution is -2.07. The zero-order valence-electron chi connectivity index (χ0n) is 5.59. The zero-order chi connectivity index (χ0) is 6.99. The summed E-state index contributed by atoms with van der Waals surface area (Å²) in [7, 11) is 0. The molecule has 0 fully saturated rings. The van der Waals surface area contributed by atoms with Crippen molar-refractivity contribution < 1.29 is 15.3 Å². The van der Waals surface area contributed by atoms with Gasteiger partial charge in [-0.15, -0.1) is 0 Å². The quantitative estimate of drug-likeness (QED) is 0.422. The van der Waals surface area contributed by atoms with Crippen molar-refractivity contribution in [1.82, 2.24) is 0 Å². The second-order valence-electron chi connectivity index (χ2n) is 1.14. The second-order valence-corrected chi connectivity index (χ2v) is 1.14. The van der Waals surface area contributed by atoms with E-state index in [1.54, 1.807) is 0 Å². The predicted octanol–water partition coefficient (Wildman–Crippen LogP) is 0.883. The number of hydrogen-bond acceptors (Lipinski definition) is 3. The predicted molar refractivity (Wildman–Crippen MR) is 31.6 cm³/mol. The van der Waals surface area contributed by atoms with Crippen LogP contribution in [0.5, 0.6) is 0 Å². The van der Waals surface area contributed by atoms with Gasteiger partial charge >= 0.3 is 0 Å². The third kappa shape index (κ3) is 16.9. The number of aliphatic hydroxyl groups excluding tert-OH is 1. The van der Waals surface area contributed by atoms with Crippen molar-refractivity contribution in [2.45, 2.75) is 26.9 Å². The van der Waals surface area contributed by atoms with E-state index < -0.39 is 6.10 Å². The van der Waals surface area contributed by atoms with Gasteiger partial charge in [-0.2, -0.15) is 0 Å². The first-order valence-electron chi connectivity index (χ1n) is 2.72. The summed E-state index contributed by atoms with van der Waals surface area (Å²) in [4.78, 5) is 3.55. The van der Waals surface area contributed by atoms with E-state index in [9.17, 15) is 0 Å². The normalized spacial score (nSPS) is 11.6. The molecule has 0 spiro atoms. The third-order valence-corrected chi connectivity index (χ3v) is 0.316. The maximum absolute atomic E-state index is 8.27. The Labute approximate surface area is 49.8 Å². The Morgan fingerprint density at radius 2 is 1.88 bits per heavy atom. The fourth-order valence-corrected chi connectivity index (χ4v) is 0.108. The molecule has 1 atom stereocenters. The summed E-state index contributed by atoms with van der Waals surface area (Å²) in [6.45, 7) is 5.51. The molecule has 3 heteroatoms. The summed E-state index contributed by atoms with van der Waals surface area (Å²) in [5.74, 6) is 0. The van der Waals surface area contributed by atoms with E-state index >= 15 is 0 Å². The van der Waals surface area contributed by atoms with Crippen LogP contribution in [0.3, 0.4) is 0 Å². The maximum atomic E-state index is 8.27. The Kier molecular flexibility index (Phi) is 13.5. The summed E-state index contributed by atoms with van der Waals surface area (Å²) in [6.07, 6.45) is -0.574. The molecular weight excluding hydrogens is 108 g/mol. The van der Waals surface area contributed by atoms with Crippen molar-refractivity contribution in [3.63, 3.8) is 0 Å². The van der Waals surface area contributed by atoms with E-state index in [0.717, 1.165) is 0 Å². The van der Waals surface area contributed by atoms with Crippen molar-refractivity contribution in [1.29, 1.82) is 0 Å². The lowest BCUT2D eigenvalue weighted by Gasteiger charge is -1.95. The SMILES string of the molecule is CC.CC(O)COO. The molecule has 8 heavy (non-hydrogen) atoms. The number of aliphatic hydroxyl groups is 1. The fraction of sp³-hybridized carbons (Fsp3) is 1.00. The molecule has 0 aromatic rings. The number of rotatable bonds is 2. The number of hydrogen-bond donors (Lipinski definition) is 2. The van der Waals surface area contributed by atoms with Crippen LogP contribution in [0.25, 0.3) is 0 Å². The molecule has 0 amide bonds. The van der Waals surface area contributed by atoms with E-state index in [0.29, 0.717) is 0 Å². The molecule has 0 saturated carbocycles. The van der Waals surface area contributed by atoms with Gasteiger partial charge in [-0.05, 0) is 6.92 Å². The van der Waals surface area contributed by atoms with Crippen molar-refractivity contribution in [3.8, 4) is 0 Å². The average molecular weight is 122 g/mol. The van der Waals surface area contributed by atoms with E-state index in [-0.39, 0.29) is 6.61 Å². The maximum Gasteiger partial charge on any atom is 0.108 e. The summed E-state index contributed by atoms with van der Waals surface area (Å²) < 4.78 is 0. The van der Waals surface area contributed by atoms with Gasteiger partial charge in [-0.1, -0.05) is 13.8 Å². The topological polar surface area (TPSA) is 49.7 Å². The minimum Gasteiger partial charge on any atom is -0.391 e. The van der Waals surface area contributed by atoms with Crippen LogP contribution >= 0.6 is 0 Å². The Morgan fingerprint density at radius 3 is 1.88 bits per heavy atom. The molecule has 52 valence electrons. The highest BCUT2D eigenvalue weighted by atomic mass is 17.1. The van der Waals surface area contributed by atoms with Crippen LogP contribution in [0, 0.1) is 0 Å². The molecule has 0 rings (SSSR count). The standard InChI is InChI=1S/C3H8O3.C2H6/c1-3(4)2-6-5;1-2/h3-5H,2H2,1H3;1-2H3. The molecule has 0 aromatic carbocycles. The largest absolute Gasteiger partial charge is 0.391 e. The summed E-state index contributed by atoms with van der Waals surface area (Å²) >= 11 is 0. The highest BCUT2D eigenvalue weighted by molar-refractivity contribution is 4.35. The van der Waals surface area contributed by atoms with Crippen molar-refractivity contribution in [2.75, 3.05) is 6.61 Å². The summed E-state index contributed by atoms with van der Waals surface area (Å²) in [6, 6.07) is 0. The summed E-state index contributed by atoms with van der Waals surface area (Å²) in [5.41, 5.74) is 0. The van der Waals surface area contributed by atoms with Crippen LogP contribution in [0.1, 0.15) is 20.8 Å². The van der Waals surface area contributed by atoms with Gasteiger partial charge < -0.3 is 5.11 Å². The average Bonchev–Trinajstić information content (AvgIpc) is 1.72. The van der Waals surface area contributed by atoms with Gasteiger partial charge in [-0.3, -0.25) is 5.26 Å². The molecule has 0 aliphatic rings. The smallest absolute Gasteiger partial charge is 0.108 e. The van der Waals surface area contributed by atoms with Gasteiger partial charge in [0.1, 0.15) is 6.61 Å². The Bertz CT molecular complexity index is 28.9. The van der Waals surface area contributed by atoms with Gasteiger partial charge in [0.25, 0.3) is 0 Å². The monoisotopic (exact) mass is 122 g/mol. The third-order valence-electron chi connectivity index (χ3n) is 0.316. The van der Waals surface area contributed by atoms with Crippen molar-refractivity contribution in [3.05, 3.63) is 0 Å². The lowest BCUT2D eigenvalue weighted by molar-refractivity contribution is -0.255. The van der Waals surface area contributed by atoms with Crippen molar-refractivity contribution in [2.24, 2.45) is 0 Å². The Hall–Kier alpha value is -0.120. The Balaban J connectivity index is 0. The highest BCUT2D eigenvalue weighted by Crippen LogP contribution is 1.75. The van der Waals surface area contributed by atoms with Crippen LogP contribution in [0.2, 0.25) is 0 Å². The molecule has 3 nitrogen and oxygen atoms in total. The van der Waals surface area contributed by atoms with E-state index in [1.165, 1.54) is 6.92 Å². The molecular formula is C5H14O3. The first-order chi connectivity index (χ1) is 3.77. The van der Waals surface area contributed by atoms with Crippen LogP contribution in [0.15, 0.2) is 0 Å². The molecule has 0 aliphatic carbocycles. The minimum atomic E-state index is -0.574. The molecule has 0 aliphatic heterocycles. The van der Waals surface area contributed by atoms with E-state index in [4.69, 9.17) is 10.4 Å². The fourth-order valence-electron chi connectivity index (χ4n) is 0.108. The van der Waals surface area contributed by atoms with Crippen molar-refractivity contribution >= 4 is 0 Å². The first-order valence-corrected chi connectivity index (χ1v) is 2.72. The van der Waals surface area contributed by atoms with E-state index in [2.05, 4.69) is 4.89 Å². The summed E-state index contributed by atoms with van der Waals surface area (Å²) in [5, 5.41) is 15.8. The first kappa shape index (κ1) is 10.8. The van der Waals surface area contributed by atoms with Gasteiger partial charge in [-0.25, -0.2) is 4.89 Å². The van der Waals surface area contributed by atoms with Gasteiger partial charge in [0.05, 0.1) is 6.10 Å². The van der Waals surface area contributed by atoms with Crippen LogP contribution < -0.4 is 0 Å². The molecule has 2 N–H and O–H groups in total.